The summed E-state index contributed by atoms with van der Waals surface area (Å²) in [5.41, 5.74) is 1.33. The quantitative estimate of drug-likeness (QED) is 0.778. The predicted octanol–water partition coefficient (Wildman–Crippen LogP) is 2.93. The smallest absolute Gasteiger partial charge is 0.0911 e. The monoisotopic (exact) mass is 221 g/mol. The Morgan fingerprint density at radius 2 is 1.75 bits per heavy atom. The van der Waals surface area contributed by atoms with Crippen molar-refractivity contribution in [2.75, 3.05) is 20.1 Å². The number of likely N-dealkylation sites (tertiary alicyclic amines) is 1. The average Bonchev–Trinajstić information content (AvgIpc) is 2.29. The molecule has 90 valence electrons. The standard InChI is InChI=1S/C12H17NO.C2H6/c1-12(9-13(2)10-12)14-8-11-6-4-3-5-7-11;1-2/h3-7H,8-10H2,1-2H3;1-2H3. The van der Waals surface area contributed by atoms with Crippen molar-refractivity contribution in [2.45, 2.75) is 33.0 Å². The first kappa shape index (κ1) is 13.2. The molecule has 1 heterocycles. The van der Waals surface area contributed by atoms with Crippen LogP contribution in [0.25, 0.3) is 0 Å². The van der Waals surface area contributed by atoms with Crippen molar-refractivity contribution < 1.29 is 4.74 Å². The normalized spacial score (nSPS) is 18.2. The molecule has 2 nitrogen and oxygen atoms in total. The summed E-state index contributed by atoms with van der Waals surface area (Å²) in [6.07, 6.45) is 0. The molecule has 0 N–H and O–H groups in total. The van der Waals surface area contributed by atoms with Gasteiger partial charge in [0.05, 0.1) is 12.2 Å². The van der Waals surface area contributed by atoms with E-state index in [-0.39, 0.29) is 5.60 Å². The van der Waals surface area contributed by atoms with Crippen LogP contribution >= 0.6 is 0 Å². The minimum Gasteiger partial charge on any atom is -0.368 e. The van der Waals surface area contributed by atoms with Crippen molar-refractivity contribution in [3.05, 3.63) is 35.9 Å². The third-order valence-electron chi connectivity index (χ3n) is 2.64. The maximum atomic E-state index is 5.88. The Labute approximate surface area is 99.2 Å². The Kier molecular flexibility index (Phi) is 4.97. The predicted molar refractivity (Wildman–Crippen MR) is 68.5 cm³/mol. The molecule has 1 fully saturated rings. The Morgan fingerprint density at radius 3 is 2.25 bits per heavy atom. The first-order chi connectivity index (χ1) is 7.68. The van der Waals surface area contributed by atoms with E-state index in [2.05, 4.69) is 31.0 Å². The van der Waals surface area contributed by atoms with Crippen LogP contribution in [0.1, 0.15) is 26.3 Å². The lowest BCUT2D eigenvalue weighted by molar-refractivity contribution is -0.131. The molecule has 0 aliphatic carbocycles. The van der Waals surface area contributed by atoms with Gasteiger partial charge in [-0.25, -0.2) is 0 Å². The molecule has 0 saturated carbocycles. The van der Waals surface area contributed by atoms with Crippen LogP contribution in [0.15, 0.2) is 30.3 Å². The molecular formula is C14H23NO. The zero-order valence-corrected chi connectivity index (χ0v) is 10.9. The van der Waals surface area contributed by atoms with Crippen LogP contribution in [-0.4, -0.2) is 30.6 Å². The summed E-state index contributed by atoms with van der Waals surface area (Å²) in [6.45, 7) is 8.99. The van der Waals surface area contributed by atoms with Gasteiger partial charge in [0.1, 0.15) is 0 Å². The summed E-state index contributed by atoms with van der Waals surface area (Å²) in [7, 11) is 2.12. The average molecular weight is 221 g/mol. The Balaban J connectivity index is 0.000000606. The number of likely N-dealkylation sites (N-methyl/N-ethyl adjacent to an activating group) is 1. The number of benzene rings is 1. The number of hydrogen-bond acceptors (Lipinski definition) is 2. The Morgan fingerprint density at radius 1 is 1.19 bits per heavy atom. The number of hydrogen-bond donors (Lipinski definition) is 0. The third kappa shape index (κ3) is 3.62. The molecular weight excluding hydrogens is 198 g/mol. The zero-order chi connectivity index (χ0) is 12.0. The highest BCUT2D eigenvalue weighted by molar-refractivity contribution is 5.13. The summed E-state index contributed by atoms with van der Waals surface area (Å²) in [6, 6.07) is 10.3. The second kappa shape index (κ2) is 6.02. The van der Waals surface area contributed by atoms with Gasteiger partial charge in [0.25, 0.3) is 0 Å². The number of ether oxygens (including phenoxy) is 1. The van der Waals surface area contributed by atoms with Crippen LogP contribution in [0.5, 0.6) is 0 Å². The molecule has 1 saturated heterocycles. The lowest BCUT2D eigenvalue weighted by atomic mass is 9.97. The topological polar surface area (TPSA) is 12.5 Å². The van der Waals surface area contributed by atoms with Gasteiger partial charge >= 0.3 is 0 Å². The summed E-state index contributed by atoms with van der Waals surface area (Å²) < 4.78 is 5.88. The van der Waals surface area contributed by atoms with Crippen LogP contribution in [0.2, 0.25) is 0 Å². The van der Waals surface area contributed by atoms with Gasteiger partial charge in [0.15, 0.2) is 0 Å². The molecule has 0 bridgehead atoms. The molecule has 0 spiro atoms. The van der Waals surface area contributed by atoms with Crippen molar-refractivity contribution in [3.63, 3.8) is 0 Å². The maximum absolute atomic E-state index is 5.88. The van der Waals surface area contributed by atoms with Crippen LogP contribution in [-0.2, 0) is 11.3 Å². The van der Waals surface area contributed by atoms with E-state index in [1.807, 2.05) is 32.0 Å². The lowest BCUT2D eigenvalue weighted by Gasteiger charge is -2.45. The highest BCUT2D eigenvalue weighted by Crippen LogP contribution is 2.23. The molecule has 1 aliphatic rings. The van der Waals surface area contributed by atoms with Crippen LogP contribution in [0.4, 0.5) is 0 Å². The van der Waals surface area contributed by atoms with Crippen molar-refractivity contribution in [1.29, 1.82) is 0 Å². The van der Waals surface area contributed by atoms with E-state index < -0.39 is 0 Å². The molecule has 1 aromatic rings. The molecule has 1 aromatic carbocycles. The molecule has 2 rings (SSSR count). The first-order valence-electron chi connectivity index (χ1n) is 6.04. The SMILES string of the molecule is CC.CN1CC(C)(OCc2ccccc2)C1. The second-order valence-corrected chi connectivity index (χ2v) is 4.40. The van der Waals surface area contributed by atoms with Crippen molar-refractivity contribution in [2.24, 2.45) is 0 Å². The second-order valence-electron chi connectivity index (χ2n) is 4.40. The van der Waals surface area contributed by atoms with E-state index in [4.69, 9.17) is 4.74 Å². The number of rotatable bonds is 3. The number of nitrogens with zero attached hydrogens (tertiary/aromatic N) is 1. The zero-order valence-electron chi connectivity index (χ0n) is 10.9. The molecule has 0 atom stereocenters. The Hall–Kier alpha value is -0.860. The molecule has 2 heteroatoms. The third-order valence-corrected chi connectivity index (χ3v) is 2.64. The van der Waals surface area contributed by atoms with Gasteiger partial charge in [-0.15, -0.1) is 0 Å². The van der Waals surface area contributed by atoms with Gasteiger partial charge in [-0.2, -0.15) is 0 Å². The molecule has 0 radical (unpaired) electrons. The van der Waals surface area contributed by atoms with Crippen LogP contribution in [0.3, 0.4) is 0 Å². The van der Waals surface area contributed by atoms with E-state index in [1.165, 1.54) is 5.56 Å². The van der Waals surface area contributed by atoms with Gasteiger partial charge in [-0.3, -0.25) is 0 Å². The maximum Gasteiger partial charge on any atom is 0.0911 e. The van der Waals surface area contributed by atoms with E-state index in [1.54, 1.807) is 0 Å². The van der Waals surface area contributed by atoms with Gasteiger partial charge in [0, 0.05) is 13.1 Å². The van der Waals surface area contributed by atoms with Crippen molar-refractivity contribution in [1.82, 2.24) is 4.90 Å². The molecule has 0 aromatic heterocycles. The highest BCUT2D eigenvalue weighted by atomic mass is 16.5. The Bertz CT molecular complexity index is 291. The van der Waals surface area contributed by atoms with E-state index >= 15 is 0 Å². The minimum atomic E-state index is 0.0740. The van der Waals surface area contributed by atoms with Gasteiger partial charge in [-0.1, -0.05) is 44.2 Å². The minimum absolute atomic E-state index is 0.0740. The van der Waals surface area contributed by atoms with E-state index in [9.17, 15) is 0 Å². The summed E-state index contributed by atoms with van der Waals surface area (Å²) in [5, 5.41) is 0. The molecule has 0 unspecified atom stereocenters. The lowest BCUT2D eigenvalue weighted by Crippen LogP contribution is -2.59. The van der Waals surface area contributed by atoms with Crippen LogP contribution in [0, 0.1) is 0 Å². The van der Waals surface area contributed by atoms with E-state index in [0.29, 0.717) is 0 Å². The summed E-state index contributed by atoms with van der Waals surface area (Å²) in [4.78, 5) is 2.27. The molecule has 16 heavy (non-hydrogen) atoms. The fraction of sp³-hybridized carbons (Fsp3) is 0.571. The van der Waals surface area contributed by atoms with Crippen molar-refractivity contribution >= 4 is 0 Å². The molecule has 1 aliphatic heterocycles. The first-order valence-corrected chi connectivity index (χ1v) is 6.04. The van der Waals surface area contributed by atoms with Crippen LogP contribution < -0.4 is 0 Å². The molecule has 0 amide bonds. The summed E-state index contributed by atoms with van der Waals surface area (Å²) >= 11 is 0. The largest absolute Gasteiger partial charge is 0.368 e. The fourth-order valence-electron chi connectivity index (χ4n) is 2.02. The van der Waals surface area contributed by atoms with Crippen molar-refractivity contribution in [3.8, 4) is 0 Å². The summed E-state index contributed by atoms with van der Waals surface area (Å²) in [5.74, 6) is 0. The highest BCUT2D eigenvalue weighted by Gasteiger charge is 2.37. The fourth-order valence-corrected chi connectivity index (χ4v) is 2.02. The van der Waals surface area contributed by atoms with Gasteiger partial charge in [0.2, 0.25) is 0 Å². The van der Waals surface area contributed by atoms with E-state index in [0.717, 1.165) is 19.7 Å². The van der Waals surface area contributed by atoms with Gasteiger partial charge < -0.3 is 9.64 Å². The van der Waals surface area contributed by atoms with Gasteiger partial charge in [-0.05, 0) is 19.5 Å².